The SMILES string of the molecule is CC1COc2ccccc2N(C)C1=O. The number of ether oxygens (including phenoxy) is 1. The standard InChI is InChI=1S/C11H13NO2/c1-8-7-14-10-6-4-3-5-9(10)12(2)11(8)13/h3-6,8H,7H2,1-2H3. The van der Waals surface area contributed by atoms with E-state index in [1.165, 1.54) is 0 Å². The maximum atomic E-state index is 11.8. The molecule has 14 heavy (non-hydrogen) atoms. The smallest absolute Gasteiger partial charge is 0.233 e. The molecule has 1 amide bonds. The molecule has 0 radical (unpaired) electrons. The number of amides is 1. The van der Waals surface area contributed by atoms with Gasteiger partial charge in [0.2, 0.25) is 5.91 Å². The normalized spacial score (nSPS) is 21.1. The fourth-order valence-electron chi connectivity index (χ4n) is 1.59. The summed E-state index contributed by atoms with van der Waals surface area (Å²) >= 11 is 0. The van der Waals surface area contributed by atoms with E-state index in [-0.39, 0.29) is 11.8 Å². The van der Waals surface area contributed by atoms with Gasteiger partial charge in [0.1, 0.15) is 5.75 Å². The molecule has 1 aliphatic rings. The fourth-order valence-corrected chi connectivity index (χ4v) is 1.59. The Morgan fingerprint density at radius 2 is 2.14 bits per heavy atom. The first-order valence-corrected chi connectivity index (χ1v) is 4.69. The molecule has 0 aliphatic carbocycles. The highest BCUT2D eigenvalue weighted by atomic mass is 16.5. The number of hydrogen-bond acceptors (Lipinski definition) is 2. The lowest BCUT2D eigenvalue weighted by atomic mass is 10.2. The van der Waals surface area contributed by atoms with Gasteiger partial charge in [0.05, 0.1) is 18.2 Å². The van der Waals surface area contributed by atoms with Crippen molar-refractivity contribution in [1.29, 1.82) is 0 Å². The Kier molecular flexibility index (Phi) is 2.15. The number of hydrogen-bond donors (Lipinski definition) is 0. The number of carbonyl (C=O) groups excluding carboxylic acids is 1. The van der Waals surface area contributed by atoms with Crippen LogP contribution in [-0.4, -0.2) is 19.6 Å². The molecule has 2 rings (SSSR count). The molecule has 0 fully saturated rings. The van der Waals surface area contributed by atoms with Gasteiger partial charge in [-0.15, -0.1) is 0 Å². The van der Waals surface area contributed by atoms with E-state index in [9.17, 15) is 4.79 Å². The van der Waals surface area contributed by atoms with Crippen molar-refractivity contribution in [3.05, 3.63) is 24.3 Å². The van der Waals surface area contributed by atoms with E-state index in [4.69, 9.17) is 4.74 Å². The van der Waals surface area contributed by atoms with Crippen molar-refractivity contribution in [2.45, 2.75) is 6.92 Å². The molecular weight excluding hydrogens is 178 g/mol. The van der Waals surface area contributed by atoms with Crippen molar-refractivity contribution in [3.63, 3.8) is 0 Å². The zero-order valence-corrected chi connectivity index (χ0v) is 8.36. The number of para-hydroxylation sites is 2. The van der Waals surface area contributed by atoms with Gasteiger partial charge in [-0.25, -0.2) is 0 Å². The lowest BCUT2D eigenvalue weighted by Crippen LogP contribution is -2.31. The van der Waals surface area contributed by atoms with Gasteiger partial charge in [-0.1, -0.05) is 19.1 Å². The summed E-state index contributed by atoms with van der Waals surface area (Å²) in [7, 11) is 1.78. The molecule has 1 unspecified atom stereocenters. The van der Waals surface area contributed by atoms with Gasteiger partial charge in [-0.05, 0) is 12.1 Å². The Bertz CT molecular complexity index is 362. The van der Waals surface area contributed by atoms with Crippen molar-refractivity contribution >= 4 is 11.6 Å². The summed E-state index contributed by atoms with van der Waals surface area (Å²) < 4.78 is 5.54. The first-order valence-electron chi connectivity index (χ1n) is 4.69. The van der Waals surface area contributed by atoms with Crippen LogP contribution < -0.4 is 9.64 Å². The second-order valence-corrected chi connectivity index (χ2v) is 3.58. The van der Waals surface area contributed by atoms with Crippen molar-refractivity contribution < 1.29 is 9.53 Å². The van der Waals surface area contributed by atoms with Gasteiger partial charge in [0.15, 0.2) is 0 Å². The maximum absolute atomic E-state index is 11.8. The van der Waals surface area contributed by atoms with E-state index in [0.29, 0.717) is 6.61 Å². The summed E-state index contributed by atoms with van der Waals surface area (Å²) in [6.07, 6.45) is 0. The lowest BCUT2D eigenvalue weighted by Gasteiger charge is -2.17. The molecule has 1 aromatic rings. The highest BCUT2D eigenvalue weighted by Gasteiger charge is 2.25. The Hall–Kier alpha value is -1.51. The predicted octanol–water partition coefficient (Wildman–Crippen LogP) is 1.68. The number of nitrogens with zero attached hydrogens (tertiary/aromatic N) is 1. The van der Waals surface area contributed by atoms with Crippen LogP contribution in [0.15, 0.2) is 24.3 Å². The van der Waals surface area contributed by atoms with Gasteiger partial charge in [-0.3, -0.25) is 4.79 Å². The second-order valence-electron chi connectivity index (χ2n) is 3.58. The molecule has 1 aliphatic heterocycles. The first kappa shape index (κ1) is 9.06. The molecule has 0 N–H and O–H groups in total. The molecule has 3 heteroatoms. The van der Waals surface area contributed by atoms with E-state index in [2.05, 4.69) is 0 Å². The molecule has 0 saturated heterocycles. The number of rotatable bonds is 0. The Morgan fingerprint density at radius 3 is 2.93 bits per heavy atom. The first-order chi connectivity index (χ1) is 6.70. The fraction of sp³-hybridized carbons (Fsp3) is 0.364. The van der Waals surface area contributed by atoms with E-state index in [1.807, 2.05) is 31.2 Å². The third-order valence-electron chi connectivity index (χ3n) is 2.47. The van der Waals surface area contributed by atoms with Gasteiger partial charge in [-0.2, -0.15) is 0 Å². The van der Waals surface area contributed by atoms with Gasteiger partial charge >= 0.3 is 0 Å². The number of anilines is 1. The highest BCUT2D eigenvalue weighted by molar-refractivity contribution is 5.96. The molecule has 74 valence electrons. The van der Waals surface area contributed by atoms with E-state index in [0.717, 1.165) is 11.4 Å². The topological polar surface area (TPSA) is 29.5 Å². The average Bonchev–Trinajstić information content (AvgIpc) is 2.32. The Labute approximate surface area is 83.3 Å². The third kappa shape index (κ3) is 1.35. The van der Waals surface area contributed by atoms with Crippen LogP contribution in [-0.2, 0) is 4.79 Å². The minimum absolute atomic E-state index is 0.0765. The van der Waals surface area contributed by atoms with Gasteiger partial charge in [0, 0.05) is 7.05 Å². The van der Waals surface area contributed by atoms with Crippen molar-refractivity contribution in [2.24, 2.45) is 5.92 Å². The monoisotopic (exact) mass is 191 g/mol. The third-order valence-corrected chi connectivity index (χ3v) is 2.47. The number of fused-ring (bicyclic) bond motifs is 1. The Balaban J connectivity index is 2.45. The quantitative estimate of drug-likeness (QED) is 0.624. The number of carbonyl (C=O) groups is 1. The second kappa shape index (κ2) is 3.33. The lowest BCUT2D eigenvalue weighted by molar-refractivity contribution is -0.122. The minimum atomic E-state index is -0.0765. The van der Waals surface area contributed by atoms with Crippen LogP contribution >= 0.6 is 0 Å². The van der Waals surface area contributed by atoms with E-state index in [1.54, 1.807) is 11.9 Å². The van der Waals surface area contributed by atoms with Crippen LogP contribution in [0.2, 0.25) is 0 Å². The average molecular weight is 191 g/mol. The molecule has 0 saturated carbocycles. The molecule has 0 spiro atoms. The van der Waals surface area contributed by atoms with Crippen LogP contribution in [0.25, 0.3) is 0 Å². The molecule has 3 nitrogen and oxygen atoms in total. The zero-order chi connectivity index (χ0) is 10.1. The summed E-state index contributed by atoms with van der Waals surface area (Å²) in [5.41, 5.74) is 0.849. The van der Waals surface area contributed by atoms with Crippen molar-refractivity contribution in [3.8, 4) is 5.75 Å². The van der Waals surface area contributed by atoms with Crippen molar-refractivity contribution in [1.82, 2.24) is 0 Å². The van der Waals surface area contributed by atoms with Crippen LogP contribution in [0.4, 0.5) is 5.69 Å². The van der Waals surface area contributed by atoms with Crippen LogP contribution in [0.1, 0.15) is 6.92 Å². The minimum Gasteiger partial charge on any atom is -0.491 e. The van der Waals surface area contributed by atoms with E-state index >= 15 is 0 Å². The largest absolute Gasteiger partial charge is 0.491 e. The van der Waals surface area contributed by atoms with Crippen LogP contribution in [0.3, 0.4) is 0 Å². The molecule has 1 heterocycles. The Morgan fingerprint density at radius 1 is 1.43 bits per heavy atom. The van der Waals surface area contributed by atoms with Crippen LogP contribution in [0, 0.1) is 5.92 Å². The zero-order valence-electron chi connectivity index (χ0n) is 8.36. The summed E-state index contributed by atoms with van der Waals surface area (Å²) in [5.74, 6) is 0.815. The number of benzene rings is 1. The summed E-state index contributed by atoms with van der Waals surface area (Å²) in [6.45, 7) is 2.34. The summed E-state index contributed by atoms with van der Waals surface area (Å²) in [4.78, 5) is 13.4. The summed E-state index contributed by atoms with van der Waals surface area (Å²) in [5, 5.41) is 0. The van der Waals surface area contributed by atoms with Crippen molar-refractivity contribution in [2.75, 3.05) is 18.6 Å². The molecule has 1 atom stereocenters. The van der Waals surface area contributed by atoms with Gasteiger partial charge in [0.25, 0.3) is 0 Å². The van der Waals surface area contributed by atoms with E-state index < -0.39 is 0 Å². The predicted molar refractivity (Wildman–Crippen MR) is 54.5 cm³/mol. The molecule has 0 aromatic heterocycles. The van der Waals surface area contributed by atoms with Crippen LogP contribution in [0.5, 0.6) is 5.75 Å². The molecule has 0 bridgehead atoms. The highest BCUT2D eigenvalue weighted by Crippen LogP contribution is 2.30. The molecular formula is C11H13NO2. The molecule has 1 aromatic carbocycles. The maximum Gasteiger partial charge on any atom is 0.233 e. The van der Waals surface area contributed by atoms with Gasteiger partial charge < -0.3 is 9.64 Å². The summed E-state index contributed by atoms with van der Waals surface area (Å²) in [6, 6.07) is 7.59.